The molecular formula is C22H30N4O. The molecule has 5 nitrogen and oxygen atoms in total. The number of aromatic nitrogens is 1. The standard InChI is InChI=1S/C22H30N4O/c1-10-6-26(7-11(2)27-10)14-5-4-13(12(3)25-14)24-9-22-18-15-19(22)17-20(22)16(18)21(15,17)8-23/h4-5,10-11,15-20,24H,6-9,23H2,1-3H3/t10-,11+,15?,16?,17?,18?,19?,20?,21?,22?. The van der Waals surface area contributed by atoms with E-state index in [0.717, 1.165) is 73.2 Å². The van der Waals surface area contributed by atoms with Crippen LogP contribution in [0.1, 0.15) is 19.5 Å². The van der Waals surface area contributed by atoms with Crippen molar-refractivity contribution in [1.82, 2.24) is 4.98 Å². The second-order valence-corrected chi connectivity index (χ2v) is 10.4. The summed E-state index contributed by atoms with van der Waals surface area (Å²) in [7, 11) is 0. The highest BCUT2D eigenvalue weighted by atomic mass is 16.5. The number of ether oxygens (including phenoxy) is 1. The smallest absolute Gasteiger partial charge is 0.129 e. The number of pyridine rings is 1. The maximum absolute atomic E-state index is 6.11. The summed E-state index contributed by atoms with van der Waals surface area (Å²) in [5.74, 6) is 7.15. The second kappa shape index (κ2) is 4.46. The topological polar surface area (TPSA) is 63.4 Å². The van der Waals surface area contributed by atoms with Gasteiger partial charge in [-0.05, 0) is 85.8 Å². The molecule has 6 saturated carbocycles. The third-order valence-electron chi connectivity index (χ3n) is 9.80. The average molecular weight is 367 g/mol. The molecule has 0 unspecified atom stereocenters. The molecule has 7 aliphatic rings. The van der Waals surface area contributed by atoms with Crippen LogP contribution in [0.4, 0.5) is 11.5 Å². The summed E-state index contributed by atoms with van der Waals surface area (Å²) in [6.45, 7) is 10.4. The van der Waals surface area contributed by atoms with Crippen molar-refractivity contribution in [3.05, 3.63) is 17.8 Å². The highest BCUT2D eigenvalue weighted by molar-refractivity contribution is 5.59. The van der Waals surface area contributed by atoms with Crippen LogP contribution >= 0.6 is 0 Å². The molecule has 0 aromatic carbocycles. The quantitative estimate of drug-likeness (QED) is 0.836. The van der Waals surface area contributed by atoms with Gasteiger partial charge in [-0.1, -0.05) is 0 Å². The summed E-state index contributed by atoms with van der Waals surface area (Å²) >= 11 is 0. The maximum Gasteiger partial charge on any atom is 0.129 e. The van der Waals surface area contributed by atoms with Crippen molar-refractivity contribution in [3.63, 3.8) is 0 Å². The van der Waals surface area contributed by atoms with E-state index in [2.05, 4.69) is 43.1 Å². The Kier molecular flexibility index (Phi) is 2.57. The number of anilines is 2. The van der Waals surface area contributed by atoms with Gasteiger partial charge < -0.3 is 20.7 Å². The van der Waals surface area contributed by atoms with E-state index in [1.165, 1.54) is 5.69 Å². The van der Waals surface area contributed by atoms with Crippen molar-refractivity contribution < 1.29 is 4.74 Å². The highest BCUT2D eigenvalue weighted by Crippen LogP contribution is 3.09. The summed E-state index contributed by atoms with van der Waals surface area (Å²) in [5, 5.41) is 3.79. The minimum Gasteiger partial charge on any atom is -0.383 e. The molecule has 1 aromatic heterocycles. The Hall–Kier alpha value is -1.33. The van der Waals surface area contributed by atoms with Crippen molar-refractivity contribution in [2.75, 3.05) is 36.4 Å². The number of hydrogen-bond donors (Lipinski definition) is 2. The van der Waals surface area contributed by atoms with Gasteiger partial charge in [0.05, 0.1) is 23.6 Å². The molecule has 0 amide bonds. The minimum atomic E-state index is 0.263. The summed E-state index contributed by atoms with van der Waals surface area (Å²) in [5.41, 5.74) is 9.74. The largest absolute Gasteiger partial charge is 0.383 e. The van der Waals surface area contributed by atoms with Gasteiger partial charge in [-0.15, -0.1) is 0 Å². The SMILES string of the molecule is Cc1nc(N2C[C@@H](C)O[C@@H](C)C2)ccc1NCC12C3C4C1C1C2C3C41CN. The molecule has 0 spiro atoms. The van der Waals surface area contributed by atoms with Crippen molar-refractivity contribution >= 4 is 11.5 Å². The monoisotopic (exact) mass is 366 g/mol. The van der Waals surface area contributed by atoms with Crippen LogP contribution in [0.3, 0.4) is 0 Å². The molecule has 27 heavy (non-hydrogen) atoms. The Morgan fingerprint density at radius 1 is 1.07 bits per heavy atom. The lowest BCUT2D eigenvalue weighted by Crippen LogP contribution is -3.11. The molecule has 2 heterocycles. The number of hydrogen-bond acceptors (Lipinski definition) is 5. The van der Waals surface area contributed by atoms with Gasteiger partial charge in [0, 0.05) is 19.6 Å². The van der Waals surface area contributed by atoms with Crippen molar-refractivity contribution in [2.45, 2.75) is 33.0 Å². The van der Waals surface area contributed by atoms with Gasteiger partial charge in [-0.3, -0.25) is 0 Å². The first-order chi connectivity index (χ1) is 13.0. The minimum absolute atomic E-state index is 0.263. The molecule has 0 bridgehead atoms. The normalized spacial score (nSPS) is 54.7. The van der Waals surface area contributed by atoms with Crippen LogP contribution in [-0.4, -0.2) is 43.4 Å². The van der Waals surface area contributed by atoms with Gasteiger partial charge >= 0.3 is 0 Å². The molecule has 0 radical (unpaired) electrons. The van der Waals surface area contributed by atoms with Crippen LogP contribution in [-0.2, 0) is 4.74 Å². The van der Waals surface area contributed by atoms with E-state index in [1.807, 2.05) is 0 Å². The molecule has 1 aliphatic heterocycles. The second-order valence-electron chi connectivity index (χ2n) is 10.4. The molecule has 1 aromatic rings. The molecule has 7 fully saturated rings. The van der Waals surface area contributed by atoms with Gasteiger partial charge in [0.2, 0.25) is 0 Å². The van der Waals surface area contributed by atoms with E-state index in [1.54, 1.807) is 0 Å². The molecule has 2 atom stereocenters. The number of nitrogens with two attached hydrogens (primary N) is 1. The van der Waals surface area contributed by atoms with Crippen LogP contribution in [0.5, 0.6) is 0 Å². The molecular weight excluding hydrogens is 336 g/mol. The van der Waals surface area contributed by atoms with Crippen LogP contribution in [0.25, 0.3) is 0 Å². The lowest BCUT2D eigenvalue weighted by atomic mass is 8.92. The molecule has 8 rings (SSSR count). The third-order valence-corrected chi connectivity index (χ3v) is 9.80. The molecule has 144 valence electrons. The molecule has 1 saturated heterocycles. The van der Waals surface area contributed by atoms with Gasteiger partial charge in [-0.25, -0.2) is 4.98 Å². The third kappa shape index (κ3) is 1.36. The van der Waals surface area contributed by atoms with E-state index < -0.39 is 0 Å². The Morgan fingerprint density at radius 3 is 2.22 bits per heavy atom. The first kappa shape index (κ1) is 15.6. The number of nitrogens with zero attached hydrogens (tertiary/aromatic N) is 2. The zero-order chi connectivity index (χ0) is 18.3. The van der Waals surface area contributed by atoms with Gasteiger partial charge in [0.1, 0.15) is 5.82 Å². The zero-order valence-corrected chi connectivity index (χ0v) is 16.5. The predicted octanol–water partition coefficient (Wildman–Crippen LogP) is 2.11. The fourth-order valence-electron chi connectivity index (χ4n) is 9.26. The average Bonchev–Trinajstić information content (AvgIpc) is 2.66. The van der Waals surface area contributed by atoms with E-state index in [0.29, 0.717) is 10.8 Å². The maximum atomic E-state index is 6.11. The fraction of sp³-hybridized carbons (Fsp3) is 0.773. The Morgan fingerprint density at radius 2 is 1.67 bits per heavy atom. The Balaban J connectivity index is 1.05. The lowest BCUT2D eigenvalue weighted by molar-refractivity contribution is -0.651. The predicted molar refractivity (Wildman–Crippen MR) is 105 cm³/mol. The summed E-state index contributed by atoms with van der Waals surface area (Å²) in [6.07, 6.45) is 0.526. The van der Waals surface area contributed by atoms with Crippen LogP contribution in [0.2, 0.25) is 0 Å². The van der Waals surface area contributed by atoms with E-state index in [9.17, 15) is 0 Å². The number of rotatable bonds is 5. The fourth-order valence-corrected chi connectivity index (χ4v) is 9.26. The van der Waals surface area contributed by atoms with Crippen molar-refractivity contribution in [2.24, 2.45) is 52.1 Å². The van der Waals surface area contributed by atoms with Crippen molar-refractivity contribution in [1.29, 1.82) is 0 Å². The molecule has 6 aliphatic carbocycles. The number of aryl methyl sites for hydroxylation is 1. The van der Waals surface area contributed by atoms with Gasteiger partial charge in [0.25, 0.3) is 0 Å². The molecule has 5 heteroatoms. The van der Waals surface area contributed by atoms with Gasteiger partial charge in [-0.2, -0.15) is 0 Å². The summed E-state index contributed by atoms with van der Waals surface area (Å²) < 4.78 is 5.86. The number of nitrogens with one attached hydrogen (secondary N) is 1. The zero-order valence-electron chi connectivity index (χ0n) is 16.5. The van der Waals surface area contributed by atoms with E-state index >= 15 is 0 Å². The first-order valence-electron chi connectivity index (χ1n) is 10.9. The number of morpholine rings is 1. The van der Waals surface area contributed by atoms with Gasteiger partial charge in [0.15, 0.2) is 0 Å². The Labute approximate surface area is 161 Å². The van der Waals surface area contributed by atoms with E-state index in [-0.39, 0.29) is 12.2 Å². The van der Waals surface area contributed by atoms with Crippen LogP contribution in [0.15, 0.2) is 12.1 Å². The van der Waals surface area contributed by atoms with E-state index in [4.69, 9.17) is 15.5 Å². The van der Waals surface area contributed by atoms with Crippen LogP contribution in [0, 0.1) is 53.3 Å². The lowest BCUT2D eigenvalue weighted by Gasteiger charge is -3.12. The van der Waals surface area contributed by atoms with Crippen LogP contribution < -0.4 is 16.0 Å². The van der Waals surface area contributed by atoms with Crippen molar-refractivity contribution in [3.8, 4) is 0 Å². The first-order valence-corrected chi connectivity index (χ1v) is 10.9. The summed E-state index contributed by atoms with van der Waals surface area (Å²) in [6, 6.07) is 4.42. The summed E-state index contributed by atoms with van der Waals surface area (Å²) in [4.78, 5) is 7.28. The molecule has 3 N–H and O–H groups in total. The highest BCUT2D eigenvalue weighted by Gasteiger charge is 3.08. The Bertz CT molecular complexity index is 789.